The molecule has 0 unspecified atom stereocenters. The first-order valence-electron chi connectivity index (χ1n) is 4.63. The Morgan fingerprint density at radius 2 is 2.21 bits per heavy atom. The first kappa shape index (κ1) is 9.75. The Morgan fingerprint density at radius 3 is 2.86 bits per heavy atom. The molecule has 0 radical (unpaired) electrons. The lowest BCUT2D eigenvalue weighted by Crippen LogP contribution is -2.14. The van der Waals surface area contributed by atoms with Crippen LogP contribution in [0.1, 0.15) is 31.2 Å². The van der Waals surface area contributed by atoms with Crippen LogP contribution in [0.25, 0.3) is 0 Å². The van der Waals surface area contributed by atoms with Gasteiger partial charge in [0.2, 0.25) is 0 Å². The highest BCUT2D eigenvalue weighted by atomic mass is 35.5. The molecule has 0 bridgehead atoms. The highest BCUT2D eigenvalue weighted by molar-refractivity contribution is 7.10. The summed E-state index contributed by atoms with van der Waals surface area (Å²) in [4.78, 5) is 0. The van der Waals surface area contributed by atoms with Gasteiger partial charge in [0.15, 0.2) is 5.15 Å². The molecule has 1 aromatic rings. The van der Waals surface area contributed by atoms with E-state index in [1.54, 1.807) is 0 Å². The van der Waals surface area contributed by atoms with Crippen molar-refractivity contribution in [1.82, 2.24) is 4.37 Å². The van der Waals surface area contributed by atoms with Gasteiger partial charge in [-0.15, -0.1) is 0 Å². The van der Waals surface area contributed by atoms with E-state index >= 15 is 0 Å². The van der Waals surface area contributed by atoms with Crippen molar-refractivity contribution in [3.63, 3.8) is 0 Å². The molecule has 1 aliphatic carbocycles. The molecule has 3 nitrogen and oxygen atoms in total. The maximum Gasteiger partial charge on any atom is 0.162 e. The lowest BCUT2D eigenvalue weighted by molar-refractivity contribution is 0.758. The van der Waals surface area contributed by atoms with E-state index < -0.39 is 0 Å². The number of hydrogen-bond acceptors (Lipinski definition) is 4. The molecule has 0 amide bonds. The van der Waals surface area contributed by atoms with E-state index in [0.29, 0.717) is 16.8 Å². The zero-order valence-corrected chi connectivity index (χ0v) is 9.16. The second kappa shape index (κ2) is 4.16. The van der Waals surface area contributed by atoms with Gasteiger partial charge in [-0.05, 0) is 24.4 Å². The van der Waals surface area contributed by atoms with E-state index in [-0.39, 0.29) is 0 Å². The minimum absolute atomic E-state index is 0.318. The van der Waals surface area contributed by atoms with Crippen LogP contribution in [0.2, 0.25) is 5.15 Å². The number of nitrogens with zero attached hydrogens (tertiary/aromatic N) is 2. The summed E-state index contributed by atoms with van der Waals surface area (Å²) in [5, 5.41) is 13.3. The molecule has 5 heteroatoms. The van der Waals surface area contributed by atoms with Crippen LogP contribution in [-0.2, 0) is 0 Å². The summed E-state index contributed by atoms with van der Waals surface area (Å²) in [5.74, 6) is 0. The zero-order chi connectivity index (χ0) is 9.97. The molecule has 1 heterocycles. The fraction of sp³-hybridized carbons (Fsp3) is 0.556. The maximum atomic E-state index is 8.85. The Morgan fingerprint density at radius 1 is 1.50 bits per heavy atom. The van der Waals surface area contributed by atoms with Crippen LogP contribution >= 0.6 is 23.1 Å². The van der Waals surface area contributed by atoms with Gasteiger partial charge in [-0.3, -0.25) is 0 Å². The van der Waals surface area contributed by atoms with Crippen molar-refractivity contribution in [2.75, 3.05) is 5.32 Å². The minimum atomic E-state index is 0.318. The van der Waals surface area contributed by atoms with E-state index in [1.807, 2.05) is 0 Å². The monoisotopic (exact) mass is 227 g/mol. The predicted octanol–water partition coefficient (Wildman–Crippen LogP) is 3.02. The fourth-order valence-electron chi connectivity index (χ4n) is 1.72. The summed E-state index contributed by atoms with van der Waals surface area (Å²) < 4.78 is 3.95. The highest BCUT2D eigenvalue weighted by Crippen LogP contribution is 2.30. The summed E-state index contributed by atoms with van der Waals surface area (Å²) in [6.07, 6.45) is 4.90. The van der Waals surface area contributed by atoms with Crippen LogP contribution in [0.15, 0.2) is 0 Å². The molecule has 1 N–H and O–H groups in total. The van der Waals surface area contributed by atoms with Crippen LogP contribution in [0.5, 0.6) is 0 Å². The quantitative estimate of drug-likeness (QED) is 0.845. The zero-order valence-electron chi connectivity index (χ0n) is 7.59. The van der Waals surface area contributed by atoms with Gasteiger partial charge in [0.05, 0.1) is 0 Å². The van der Waals surface area contributed by atoms with Gasteiger partial charge < -0.3 is 5.32 Å². The topological polar surface area (TPSA) is 48.7 Å². The Balaban J connectivity index is 2.12. The SMILES string of the molecule is N#Cc1c(Cl)nsc1NC1CCCC1. The van der Waals surface area contributed by atoms with E-state index in [9.17, 15) is 0 Å². The van der Waals surface area contributed by atoms with Crippen molar-refractivity contribution in [1.29, 1.82) is 5.26 Å². The molecule has 0 aromatic carbocycles. The Hall–Kier alpha value is -0.790. The number of nitriles is 1. The standard InChI is InChI=1S/C9H10ClN3S/c10-8-7(5-11)9(14-13-8)12-6-3-1-2-4-6/h6,12H,1-4H2. The summed E-state index contributed by atoms with van der Waals surface area (Å²) in [6, 6.07) is 2.57. The molecular formula is C9H10ClN3S. The third-order valence-electron chi connectivity index (χ3n) is 2.45. The van der Waals surface area contributed by atoms with Gasteiger partial charge in [0.1, 0.15) is 16.6 Å². The first-order valence-corrected chi connectivity index (χ1v) is 5.78. The number of aromatic nitrogens is 1. The van der Waals surface area contributed by atoms with E-state index in [2.05, 4.69) is 15.8 Å². The molecular weight excluding hydrogens is 218 g/mol. The second-order valence-corrected chi connectivity index (χ2v) is 4.55. The van der Waals surface area contributed by atoms with Crippen molar-refractivity contribution in [2.24, 2.45) is 0 Å². The number of hydrogen-bond donors (Lipinski definition) is 1. The van der Waals surface area contributed by atoms with Crippen molar-refractivity contribution < 1.29 is 0 Å². The van der Waals surface area contributed by atoms with Crippen molar-refractivity contribution in [3.8, 4) is 6.07 Å². The summed E-state index contributed by atoms with van der Waals surface area (Å²) in [6.45, 7) is 0. The van der Waals surface area contributed by atoms with E-state index in [0.717, 1.165) is 5.00 Å². The maximum absolute atomic E-state index is 8.85. The van der Waals surface area contributed by atoms with Crippen LogP contribution in [0.4, 0.5) is 5.00 Å². The van der Waals surface area contributed by atoms with Gasteiger partial charge in [-0.25, -0.2) is 0 Å². The third-order valence-corrected chi connectivity index (χ3v) is 3.60. The molecule has 0 aliphatic heterocycles. The largest absolute Gasteiger partial charge is 0.372 e. The van der Waals surface area contributed by atoms with Gasteiger partial charge in [0, 0.05) is 6.04 Å². The summed E-state index contributed by atoms with van der Waals surface area (Å²) in [5.41, 5.74) is 0.489. The molecule has 14 heavy (non-hydrogen) atoms. The number of halogens is 1. The number of nitrogens with one attached hydrogen (secondary N) is 1. The molecule has 1 aromatic heterocycles. The fourth-order valence-corrected chi connectivity index (χ4v) is 2.73. The van der Waals surface area contributed by atoms with Crippen molar-refractivity contribution >= 4 is 28.1 Å². The van der Waals surface area contributed by atoms with Crippen LogP contribution in [-0.4, -0.2) is 10.4 Å². The van der Waals surface area contributed by atoms with Crippen molar-refractivity contribution in [3.05, 3.63) is 10.7 Å². The lowest BCUT2D eigenvalue weighted by Gasteiger charge is -2.10. The summed E-state index contributed by atoms with van der Waals surface area (Å²) >= 11 is 7.04. The lowest BCUT2D eigenvalue weighted by atomic mass is 10.2. The van der Waals surface area contributed by atoms with Crippen LogP contribution in [0.3, 0.4) is 0 Å². The second-order valence-electron chi connectivity index (χ2n) is 3.42. The summed E-state index contributed by atoms with van der Waals surface area (Å²) in [7, 11) is 0. The average molecular weight is 228 g/mol. The molecule has 1 saturated carbocycles. The molecule has 1 aliphatic rings. The highest BCUT2D eigenvalue weighted by Gasteiger charge is 2.18. The molecule has 0 spiro atoms. The van der Waals surface area contributed by atoms with Crippen LogP contribution in [0, 0.1) is 11.3 Å². The first-order chi connectivity index (χ1) is 6.81. The van der Waals surface area contributed by atoms with Gasteiger partial charge in [-0.1, -0.05) is 24.4 Å². The van der Waals surface area contributed by atoms with E-state index in [1.165, 1.54) is 37.2 Å². The third kappa shape index (κ3) is 1.84. The van der Waals surface area contributed by atoms with E-state index in [4.69, 9.17) is 16.9 Å². The molecule has 74 valence electrons. The average Bonchev–Trinajstić information content (AvgIpc) is 2.77. The van der Waals surface area contributed by atoms with Gasteiger partial charge in [0.25, 0.3) is 0 Å². The van der Waals surface area contributed by atoms with Crippen molar-refractivity contribution in [2.45, 2.75) is 31.7 Å². The predicted molar refractivity (Wildman–Crippen MR) is 57.7 cm³/mol. The minimum Gasteiger partial charge on any atom is -0.372 e. The molecule has 0 saturated heterocycles. The normalized spacial score (nSPS) is 16.9. The van der Waals surface area contributed by atoms with Crippen LogP contribution < -0.4 is 5.32 Å². The Labute approximate surface area is 91.9 Å². The van der Waals surface area contributed by atoms with Gasteiger partial charge in [-0.2, -0.15) is 9.64 Å². The Bertz CT molecular complexity index is 363. The number of anilines is 1. The Kier molecular flexibility index (Phi) is 2.90. The smallest absolute Gasteiger partial charge is 0.162 e. The molecule has 2 rings (SSSR count). The number of rotatable bonds is 2. The molecule has 0 atom stereocenters. The molecule has 1 fully saturated rings. The van der Waals surface area contributed by atoms with Gasteiger partial charge >= 0.3 is 0 Å².